The smallest absolute Gasteiger partial charge is 0.242 e. The number of carbonyl (C=O) groups is 1. The van der Waals surface area contributed by atoms with Crippen LogP contribution >= 0.6 is 0 Å². The van der Waals surface area contributed by atoms with Crippen molar-refractivity contribution in [2.45, 2.75) is 32.7 Å². The van der Waals surface area contributed by atoms with Gasteiger partial charge in [-0.15, -0.1) is 0 Å². The Morgan fingerprint density at radius 2 is 2.32 bits per heavy atom. The highest BCUT2D eigenvalue weighted by Crippen LogP contribution is 2.21. The highest BCUT2D eigenvalue weighted by atomic mass is 16.2. The first-order valence-corrected chi connectivity index (χ1v) is 7.87. The predicted octanol–water partition coefficient (Wildman–Crippen LogP) is 2.07. The number of hydrogen-bond acceptors (Lipinski definition) is 3. The van der Waals surface area contributed by atoms with Crippen molar-refractivity contribution >= 4 is 5.91 Å². The van der Waals surface area contributed by atoms with Crippen LogP contribution < -0.4 is 0 Å². The SMILES string of the molecule is Cc1nccn1CC(=O)N1CCC[C@H](Cc2cccnc2)C1. The molecule has 2 aromatic heterocycles. The minimum Gasteiger partial charge on any atom is -0.341 e. The Morgan fingerprint density at radius 1 is 1.41 bits per heavy atom. The number of hydrogen-bond donors (Lipinski definition) is 0. The lowest BCUT2D eigenvalue weighted by molar-refractivity contribution is -0.133. The number of pyridine rings is 1. The van der Waals surface area contributed by atoms with Crippen molar-refractivity contribution < 1.29 is 4.79 Å². The van der Waals surface area contributed by atoms with E-state index in [-0.39, 0.29) is 5.91 Å². The molecule has 116 valence electrons. The molecule has 0 bridgehead atoms. The molecule has 3 heterocycles. The molecule has 0 spiro atoms. The van der Waals surface area contributed by atoms with Crippen LogP contribution in [-0.2, 0) is 17.8 Å². The average Bonchev–Trinajstić information content (AvgIpc) is 2.94. The summed E-state index contributed by atoms with van der Waals surface area (Å²) in [6.07, 6.45) is 10.6. The summed E-state index contributed by atoms with van der Waals surface area (Å²) in [4.78, 5) is 22.8. The number of amides is 1. The van der Waals surface area contributed by atoms with Crippen molar-refractivity contribution in [3.8, 4) is 0 Å². The molecule has 1 aliphatic rings. The molecule has 0 radical (unpaired) electrons. The van der Waals surface area contributed by atoms with Crippen LogP contribution in [0, 0.1) is 12.8 Å². The van der Waals surface area contributed by atoms with Crippen LogP contribution in [0.2, 0.25) is 0 Å². The molecule has 1 atom stereocenters. The number of imidazole rings is 1. The monoisotopic (exact) mass is 298 g/mol. The fraction of sp³-hybridized carbons (Fsp3) is 0.471. The Bertz CT molecular complexity index is 623. The Balaban J connectivity index is 1.58. The molecule has 3 rings (SSSR count). The van der Waals surface area contributed by atoms with Gasteiger partial charge in [0, 0.05) is 37.9 Å². The molecule has 1 fully saturated rings. The second kappa shape index (κ2) is 6.73. The van der Waals surface area contributed by atoms with Gasteiger partial charge in [0.2, 0.25) is 5.91 Å². The normalized spacial score (nSPS) is 18.4. The summed E-state index contributed by atoms with van der Waals surface area (Å²) >= 11 is 0. The van der Waals surface area contributed by atoms with E-state index in [1.165, 1.54) is 12.0 Å². The van der Waals surface area contributed by atoms with Gasteiger partial charge >= 0.3 is 0 Å². The summed E-state index contributed by atoms with van der Waals surface area (Å²) in [5.74, 6) is 1.61. The predicted molar refractivity (Wildman–Crippen MR) is 84.2 cm³/mol. The van der Waals surface area contributed by atoms with E-state index < -0.39 is 0 Å². The summed E-state index contributed by atoms with van der Waals surface area (Å²) in [7, 11) is 0. The van der Waals surface area contributed by atoms with Gasteiger partial charge < -0.3 is 9.47 Å². The maximum absolute atomic E-state index is 12.5. The van der Waals surface area contributed by atoms with Gasteiger partial charge in [0.1, 0.15) is 12.4 Å². The molecule has 1 saturated heterocycles. The topological polar surface area (TPSA) is 51.0 Å². The highest BCUT2D eigenvalue weighted by molar-refractivity contribution is 5.76. The zero-order valence-electron chi connectivity index (χ0n) is 13.0. The fourth-order valence-electron chi connectivity index (χ4n) is 3.13. The zero-order chi connectivity index (χ0) is 15.4. The Morgan fingerprint density at radius 3 is 3.05 bits per heavy atom. The lowest BCUT2D eigenvalue weighted by Crippen LogP contribution is -2.42. The van der Waals surface area contributed by atoms with E-state index in [2.05, 4.69) is 16.0 Å². The number of carbonyl (C=O) groups excluding carboxylic acids is 1. The second-order valence-corrected chi connectivity index (χ2v) is 6.02. The standard InChI is InChI=1S/C17H22N4O/c1-14-19-7-9-20(14)13-17(22)21-8-3-5-16(12-21)10-15-4-2-6-18-11-15/h2,4,6-7,9,11,16H,3,5,8,10,12-13H2,1H3/t16-/m1/s1. The Labute approximate surface area is 131 Å². The van der Waals surface area contributed by atoms with Gasteiger partial charge in [0.05, 0.1) is 0 Å². The average molecular weight is 298 g/mol. The highest BCUT2D eigenvalue weighted by Gasteiger charge is 2.24. The number of nitrogens with zero attached hydrogens (tertiary/aromatic N) is 4. The maximum Gasteiger partial charge on any atom is 0.242 e. The largest absolute Gasteiger partial charge is 0.341 e. The summed E-state index contributed by atoms with van der Waals surface area (Å²) in [5.41, 5.74) is 1.26. The van der Waals surface area contributed by atoms with Crippen LogP contribution in [0.1, 0.15) is 24.2 Å². The van der Waals surface area contributed by atoms with Gasteiger partial charge in [-0.25, -0.2) is 4.98 Å². The number of likely N-dealkylation sites (tertiary alicyclic amines) is 1. The van der Waals surface area contributed by atoms with Gasteiger partial charge in [-0.2, -0.15) is 0 Å². The molecule has 1 aliphatic heterocycles. The van der Waals surface area contributed by atoms with Crippen molar-refractivity contribution in [2.75, 3.05) is 13.1 Å². The summed E-state index contributed by atoms with van der Waals surface area (Å²) in [6.45, 7) is 4.04. The fourth-order valence-corrected chi connectivity index (χ4v) is 3.13. The van der Waals surface area contributed by atoms with E-state index >= 15 is 0 Å². The van der Waals surface area contributed by atoms with Gasteiger partial charge in [0.15, 0.2) is 0 Å². The Kier molecular flexibility index (Phi) is 4.51. The number of aromatic nitrogens is 3. The first-order valence-electron chi connectivity index (χ1n) is 7.87. The molecule has 2 aromatic rings. The van der Waals surface area contributed by atoms with Crippen LogP contribution in [0.3, 0.4) is 0 Å². The van der Waals surface area contributed by atoms with Crippen molar-refractivity contribution in [2.24, 2.45) is 5.92 Å². The molecule has 5 nitrogen and oxygen atoms in total. The molecule has 22 heavy (non-hydrogen) atoms. The third-order valence-electron chi connectivity index (χ3n) is 4.35. The first-order chi connectivity index (χ1) is 10.7. The molecular formula is C17H22N4O. The van der Waals surface area contributed by atoms with E-state index in [0.29, 0.717) is 12.5 Å². The van der Waals surface area contributed by atoms with E-state index in [9.17, 15) is 4.79 Å². The molecule has 0 N–H and O–H groups in total. The van der Waals surface area contributed by atoms with E-state index in [4.69, 9.17) is 0 Å². The maximum atomic E-state index is 12.5. The summed E-state index contributed by atoms with van der Waals surface area (Å²) in [5, 5.41) is 0. The lowest BCUT2D eigenvalue weighted by Gasteiger charge is -2.33. The van der Waals surface area contributed by atoms with E-state index in [0.717, 1.165) is 31.8 Å². The Hall–Kier alpha value is -2.17. The molecule has 0 saturated carbocycles. The number of rotatable bonds is 4. The van der Waals surface area contributed by atoms with Crippen LogP contribution in [0.5, 0.6) is 0 Å². The van der Waals surface area contributed by atoms with Crippen molar-refractivity contribution in [3.63, 3.8) is 0 Å². The number of piperidine rings is 1. The van der Waals surface area contributed by atoms with Gasteiger partial charge in [0.25, 0.3) is 0 Å². The minimum atomic E-state index is 0.192. The quantitative estimate of drug-likeness (QED) is 0.868. The molecule has 0 aliphatic carbocycles. The van der Waals surface area contributed by atoms with Crippen LogP contribution in [-0.4, -0.2) is 38.4 Å². The minimum absolute atomic E-state index is 0.192. The molecule has 1 amide bonds. The molecular weight excluding hydrogens is 276 g/mol. The molecule has 5 heteroatoms. The zero-order valence-corrected chi connectivity index (χ0v) is 13.0. The second-order valence-electron chi connectivity index (χ2n) is 6.02. The van der Waals surface area contributed by atoms with Crippen LogP contribution in [0.4, 0.5) is 0 Å². The van der Waals surface area contributed by atoms with Gasteiger partial charge in [-0.3, -0.25) is 9.78 Å². The molecule has 0 unspecified atom stereocenters. The van der Waals surface area contributed by atoms with E-state index in [1.807, 2.05) is 34.9 Å². The molecule has 0 aromatic carbocycles. The van der Waals surface area contributed by atoms with Crippen molar-refractivity contribution in [1.29, 1.82) is 0 Å². The number of aryl methyl sites for hydroxylation is 1. The van der Waals surface area contributed by atoms with Crippen molar-refractivity contribution in [1.82, 2.24) is 19.4 Å². The van der Waals surface area contributed by atoms with Gasteiger partial charge in [-0.1, -0.05) is 6.07 Å². The van der Waals surface area contributed by atoms with Crippen LogP contribution in [0.15, 0.2) is 36.9 Å². The first kappa shape index (κ1) is 14.8. The van der Waals surface area contributed by atoms with Gasteiger partial charge in [-0.05, 0) is 43.7 Å². The summed E-state index contributed by atoms with van der Waals surface area (Å²) < 4.78 is 1.91. The lowest BCUT2D eigenvalue weighted by atomic mass is 9.92. The third-order valence-corrected chi connectivity index (χ3v) is 4.35. The van der Waals surface area contributed by atoms with Crippen LogP contribution in [0.25, 0.3) is 0 Å². The summed E-state index contributed by atoms with van der Waals surface area (Å²) in [6, 6.07) is 4.09. The van der Waals surface area contributed by atoms with Crippen molar-refractivity contribution in [3.05, 3.63) is 48.3 Å². The third kappa shape index (κ3) is 3.53. The van der Waals surface area contributed by atoms with E-state index in [1.54, 1.807) is 12.4 Å².